The fraction of sp³-hybridized carbons (Fsp3) is 0.348. The van der Waals surface area contributed by atoms with Crippen molar-refractivity contribution in [3.05, 3.63) is 65.5 Å². The Hall–Kier alpha value is -2.81. The number of carbonyl (C=O) groups is 1. The third kappa shape index (κ3) is 4.82. The lowest BCUT2D eigenvalue weighted by atomic mass is 9.97. The highest BCUT2D eigenvalue weighted by Crippen LogP contribution is 2.33. The van der Waals surface area contributed by atoms with E-state index < -0.39 is 11.7 Å². The van der Waals surface area contributed by atoms with Crippen LogP contribution in [-0.2, 0) is 6.18 Å². The van der Waals surface area contributed by atoms with Crippen LogP contribution < -0.4 is 0 Å². The van der Waals surface area contributed by atoms with Crippen LogP contribution in [0.4, 0.5) is 13.2 Å². The van der Waals surface area contributed by atoms with E-state index in [1.54, 1.807) is 11.8 Å². The molecule has 0 bridgehead atoms. The molecule has 1 saturated heterocycles. The molecule has 1 amide bonds. The van der Waals surface area contributed by atoms with Gasteiger partial charge in [0.1, 0.15) is 0 Å². The van der Waals surface area contributed by atoms with E-state index >= 15 is 0 Å². The van der Waals surface area contributed by atoms with E-state index in [1.165, 1.54) is 12.1 Å². The number of halogens is 3. The molecule has 1 aromatic heterocycles. The third-order valence-corrected chi connectivity index (χ3v) is 6.33. The largest absolute Gasteiger partial charge is 0.420 e. The minimum Gasteiger partial charge on any atom is -0.420 e. The van der Waals surface area contributed by atoms with Gasteiger partial charge < -0.3 is 9.32 Å². The maximum absolute atomic E-state index is 13.2. The number of amides is 1. The van der Waals surface area contributed by atoms with Crippen LogP contribution in [0.1, 0.15) is 47.5 Å². The van der Waals surface area contributed by atoms with E-state index in [-0.39, 0.29) is 17.7 Å². The summed E-state index contributed by atoms with van der Waals surface area (Å²) in [4.78, 5) is 15.9. The van der Waals surface area contributed by atoms with Gasteiger partial charge in [-0.25, -0.2) is 0 Å². The van der Waals surface area contributed by atoms with Gasteiger partial charge in [-0.05, 0) is 55.0 Å². The summed E-state index contributed by atoms with van der Waals surface area (Å²) in [6.07, 6.45) is -2.80. The number of benzene rings is 2. The normalized spacial score (nSPS) is 16.9. The molecule has 2 heterocycles. The maximum atomic E-state index is 13.2. The molecule has 3 aromatic rings. The van der Waals surface area contributed by atoms with Gasteiger partial charge in [-0.2, -0.15) is 13.2 Å². The number of nitrogens with zero attached hydrogens (tertiary/aromatic N) is 3. The van der Waals surface area contributed by atoms with E-state index in [0.717, 1.165) is 35.6 Å². The molecule has 4 rings (SSSR count). The lowest BCUT2D eigenvalue weighted by Gasteiger charge is -2.31. The standard InChI is InChI=1S/C23H22F3N3O2S/c1-2-32-19-8-4-3-7-18(19)22(30)29-13-5-6-16(14-29)21-28-27-20(31-21)15-9-11-17(12-10-15)23(24,25)26/h3-4,7-12,16H,2,5-6,13-14H2,1H3. The van der Waals surface area contributed by atoms with Crippen LogP contribution in [0.5, 0.6) is 0 Å². The van der Waals surface area contributed by atoms with Crippen molar-refractivity contribution < 1.29 is 22.4 Å². The maximum Gasteiger partial charge on any atom is 0.416 e. The third-order valence-electron chi connectivity index (χ3n) is 5.37. The summed E-state index contributed by atoms with van der Waals surface area (Å²) in [6, 6.07) is 12.2. The van der Waals surface area contributed by atoms with Gasteiger partial charge in [0, 0.05) is 23.5 Å². The van der Waals surface area contributed by atoms with Crippen molar-refractivity contribution in [1.29, 1.82) is 0 Å². The molecule has 32 heavy (non-hydrogen) atoms. The Morgan fingerprint density at radius 3 is 2.62 bits per heavy atom. The molecule has 2 aromatic carbocycles. The van der Waals surface area contributed by atoms with Gasteiger partial charge in [0.25, 0.3) is 5.91 Å². The summed E-state index contributed by atoms with van der Waals surface area (Å²) in [5, 5.41) is 8.14. The number of alkyl halides is 3. The zero-order valence-corrected chi connectivity index (χ0v) is 18.2. The second kappa shape index (κ2) is 9.36. The van der Waals surface area contributed by atoms with Gasteiger partial charge in [-0.1, -0.05) is 19.1 Å². The Labute approximate surface area is 188 Å². The molecular formula is C23H22F3N3O2S. The number of likely N-dealkylation sites (tertiary alicyclic amines) is 1. The molecular weight excluding hydrogens is 439 g/mol. The van der Waals surface area contributed by atoms with Crippen molar-refractivity contribution in [3.8, 4) is 11.5 Å². The molecule has 0 radical (unpaired) electrons. The predicted octanol–water partition coefficient (Wildman–Crippen LogP) is 5.89. The lowest BCUT2D eigenvalue weighted by molar-refractivity contribution is -0.137. The van der Waals surface area contributed by atoms with Crippen LogP contribution in [0.25, 0.3) is 11.5 Å². The highest BCUT2D eigenvalue weighted by atomic mass is 32.2. The minimum atomic E-state index is -4.40. The van der Waals surface area contributed by atoms with Crippen LogP contribution in [0, 0.1) is 0 Å². The van der Waals surface area contributed by atoms with Crippen molar-refractivity contribution in [3.63, 3.8) is 0 Å². The average molecular weight is 462 g/mol. The van der Waals surface area contributed by atoms with E-state index in [4.69, 9.17) is 4.42 Å². The van der Waals surface area contributed by atoms with E-state index in [9.17, 15) is 18.0 Å². The number of rotatable bonds is 5. The summed E-state index contributed by atoms with van der Waals surface area (Å²) in [5.41, 5.74) is 0.380. The SMILES string of the molecule is CCSc1ccccc1C(=O)N1CCCC(c2nnc(-c3ccc(C(F)(F)F)cc3)o2)C1. The van der Waals surface area contributed by atoms with Gasteiger partial charge in [-0.15, -0.1) is 22.0 Å². The Morgan fingerprint density at radius 2 is 1.91 bits per heavy atom. The zero-order chi connectivity index (χ0) is 22.7. The molecule has 0 saturated carbocycles. The predicted molar refractivity (Wildman–Crippen MR) is 115 cm³/mol. The Balaban J connectivity index is 1.49. The molecule has 9 heteroatoms. The van der Waals surface area contributed by atoms with E-state index in [0.29, 0.717) is 30.1 Å². The van der Waals surface area contributed by atoms with Gasteiger partial charge in [-0.3, -0.25) is 4.79 Å². The van der Waals surface area contributed by atoms with Gasteiger partial charge in [0.2, 0.25) is 11.8 Å². The topological polar surface area (TPSA) is 59.2 Å². The van der Waals surface area contributed by atoms with Crippen LogP contribution in [0.15, 0.2) is 57.8 Å². The monoisotopic (exact) mass is 461 g/mol. The quantitative estimate of drug-likeness (QED) is 0.444. The summed E-state index contributed by atoms with van der Waals surface area (Å²) in [5.74, 6) is 1.31. The molecule has 0 spiro atoms. The van der Waals surface area contributed by atoms with E-state index in [2.05, 4.69) is 10.2 Å². The Morgan fingerprint density at radius 1 is 1.16 bits per heavy atom. The molecule has 1 aliphatic heterocycles. The number of aromatic nitrogens is 2. The molecule has 5 nitrogen and oxygen atoms in total. The summed E-state index contributed by atoms with van der Waals surface area (Å²) in [6.45, 7) is 3.16. The first kappa shape index (κ1) is 22.4. The fourth-order valence-corrected chi connectivity index (χ4v) is 4.57. The first-order chi connectivity index (χ1) is 15.4. The van der Waals surface area contributed by atoms with Crippen molar-refractivity contribution in [2.45, 2.75) is 36.8 Å². The van der Waals surface area contributed by atoms with Crippen molar-refractivity contribution in [2.75, 3.05) is 18.8 Å². The van der Waals surface area contributed by atoms with Gasteiger partial charge >= 0.3 is 6.18 Å². The molecule has 1 aliphatic rings. The second-order valence-corrected chi connectivity index (χ2v) is 8.85. The van der Waals surface area contributed by atoms with E-state index in [1.807, 2.05) is 36.1 Å². The Bertz CT molecular complexity index is 1080. The van der Waals surface area contributed by atoms with Crippen molar-refractivity contribution >= 4 is 17.7 Å². The lowest BCUT2D eigenvalue weighted by Crippen LogP contribution is -2.39. The number of piperidine rings is 1. The summed E-state index contributed by atoms with van der Waals surface area (Å²) < 4.78 is 44.1. The number of hydrogen-bond acceptors (Lipinski definition) is 5. The fourth-order valence-electron chi connectivity index (χ4n) is 3.78. The minimum absolute atomic E-state index is 0.0197. The molecule has 0 aliphatic carbocycles. The van der Waals surface area contributed by atoms with Gasteiger partial charge in [0.05, 0.1) is 17.0 Å². The first-order valence-electron chi connectivity index (χ1n) is 10.4. The number of hydrogen-bond donors (Lipinski definition) is 0. The molecule has 1 fully saturated rings. The molecule has 168 valence electrons. The number of thioether (sulfide) groups is 1. The summed E-state index contributed by atoms with van der Waals surface area (Å²) >= 11 is 1.64. The van der Waals surface area contributed by atoms with Crippen LogP contribution in [-0.4, -0.2) is 39.8 Å². The Kier molecular flexibility index (Phi) is 6.55. The van der Waals surface area contributed by atoms with Gasteiger partial charge in [0.15, 0.2) is 0 Å². The van der Waals surface area contributed by atoms with Crippen LogP contribution in [0.2, 0.25) is 0 Å². The zero-order valence-electron chi connectivity index (χ0n) is 17.4. The smallest absolute Gasteiger partial charge is 0.416 e. The molecule has 1 atom stereocenters. The van der Waals surface area contributed by atoms with Crippen molar-refractivity contribution in [1.82, 2.24) is 15.1 Å². The highest BCUT2D eigenvalue weighted by molar-refractivity contribution is 7.99. The average Bonchev–Trinajstić information content (AvgIpc) is 3.29. The highest BCUT2D eigenvalue weighted by Gasteiger charge is 2.31. The van der Waals surface area contributed by atoms with Crippen molar-refractivity contribution in [2.24, 2.45) is 0 Å². The van der Waals surface area contributed by atoms with Crippen LogP contribution >= 0.6 is 11.8 Å². The number of carbonyl (C=O) groups excluding carboxylic acids is 1. The second-order valence-electron chi connectivity index (χ2n) is 7.54. The molecule has 0 N–H and O–H groups in total. The summed E-state index contributed by atoms with van der Waals surface area (Å²) in [7, 11) is 0. The van der Waals surface area contributed by atoms with Crippen LogP contribution in [0.3, 0.4) is 0 Å². The molecule has 1 unspecified atom stereocenters. The first-order valence-corrected chi connectivity index (χ1v) is 11.4.